The third kappa shape index (κ3) is 3.65. The molecule has 1 amide bonds. The Morgan fingerprint density at radius 3 is 2.83 bits per heavy atom. The van der Waals surface area contributed by atoms with Crippen molar-refractivity contribution in [2.45, 2.75) is 13.3 Å². The minimum Gasteiger partial charge on any atom is -0.324 e. The Labute approximate surface area is 143 Å². The molecule has 0 aliphatic carbocycles. The lowest BCUT2D eigenvalue weighted by molar-refractivity contribution is -0.115. The van der Waals surface area contributed by atoms with Gasteiger partial charge in [0, 0.05) is 23.3 Å². The van der Waals surface area contributed by atoms with Crippen molar-refractivity contribution in [3.63, 3.8) is 0 Å². The lowest BCUT2D eigenvalue weighted by atomic mass is 10.2. The fourth-order valence-corrected chi connectivity index (χ4v) is 2.99. The van der Waals surface area contributed by atoms with Gasteiger partial charge in [0.2, 0.25) is 5.91 Å². The predicted molar refractivity (Wildman–Crippen MR) is 93.6 cm³/mol. The standard InChI is InChI=1S/C18H14N4OS/c1-12-2-4-13(5-3-12)18-21-15(11-24-18)8-17(23)22-16-6-7-20-10-14(16)9-19/h2-7,10-11H,8H2,1H3,(H,20,22,23). The van der Waals surface area contributed by atoms with E-state index in [-0.39, 0.29) is 12.3 Å². The molecule has 0 bridgehead atoms. The second kappa shape index (κ2) is 7.02. The van der Waals surface area contributed by atoms with E-state index in [0.29, 0.717) is 16.9 Å². The second-order valence-electron chi connectivity index (χ2n) is 5.27. The summed E-state index contributed by atoms with van der Waals surface area (Å²) in [5, 5.41) is 14.5. The summed E-state index contributed by atoms with van der Waals surface area (Å²) in [6, 6.07) is 11.7. The van der Waals surface area contributed by atoms with Crippen LogP contribution >= 0.6 is 11.3 Å². The Bertz CT molecular complexity index is 909. The number of amides is 1. The second-order valence-corrected chi connectivity index (χ2v) is 6.13. The Hall–Kier alpha value is -3.04. The molecule has 0 spiro atoms. The maximum Gasteiger partial charge on any atom is 0.230 e. The zero-order valence-electron chi connectivity index (χ0n) is 13.0. The van der Waals surface area contributed by atoms with Crippen LogP contribution in [-0.4, -0.2) is 15.9 Å². The first-order valence-corrected chi connectivity index (χ1v) is 8.19. The highest BCUT2D eigenvalue weighted by atomic mass is 32.1. The molecule has 0 fully saturated rings. The molecule has 0 unspecified atom stereocenters. The first-order valence-electron chi connectivity index (χ1n) is 7.31. The number of hydrogen-bond donors (Lipinski definition) is 1. The van der Waals surface area contributed by atoms with Crippen LogP contribution in [0.5, 0.6) is 0 Å². The van der Waals surface area contributed by atoms with Crippen LogP contribution in [0.4, 0.5) is 5.69 Å². The van der Waals surface area contributed by atoms with E-state index in [2.05, 4.69) is 15.3 Å². The molecule has 3 aromatic rings. The van der Waals surface area contributed by atoms with Crippen LogP contribution in [0.1, 0.15) is 16.8 Å². The largest absolute Gasteiger partial charge is 0.324 e. The third-order valence-electron chi connectivity index (χ3n) is 3.41. The summed E-state index contributed by atoms with van der Waals surface area (Å²) in [5.74, 6) is -0.210. The highest BCUT2D eigenvalue weighted by molar-refractivity contribution is 7.13. The lowest BCUT2D eigenvalue weighted by Gasteiger charge is -2.05. The number of nitrogens with one attached hydrogen (secondary N) is 1. The summed E-state index contributed by atoms with van der Waals surface area (Å²) in [4.78, 5) is 20.5. The smallest absolute Gasteiger partial charge is 0.230 e. The third-order valence-corrected chi connectivity index (χ3v) is 4.35. The van der Waals surface area contributed by atoms with Crippen LogP contribution in [0.2, 0.25) is 0 Å². The van der Waals surface area contributed by atoms with Crippen molar-refractivity contribution in [3.8, 4) is 16.6 Å². The fourth-order valence-electron chi connectivity index (χ4n) is 2.17. The molecule has 0 aliphatic rings. The number of thiazole rings is 1. The molecule has 1 aromatic carbocycles. The van der Waals surface area contributed by atoms with Crippen molar-refractivity contribution < 1.29 is 4.79 Å². The van der Waals surface area contributed by atoms with Gasteiger partial charge in [-0.3, -0.25) is 9.78 Å². The maximum absolute atomic E-state index is 12.2. The summed E-state index contributed by atoms with van der Waals surface area (Å²) in [5.41, 5.74) is 3.75. The van der Waals surface area contributed by atoms with Gasteiger partial charge in [-0.15, -0.1) is 11.3 Å². The number of nitriles is 1. The molecule has 2 aromatic heterocycles. The van der Waals surface area contributed by atoms with E-state index in [9.17, 15) is 4.79 Å². The number of rotatable bonds is 4. The fraction of sp³-hybridized carbons (Fsp3) is 0.111. The number of aromatic nitrogens is 2. The Balaban J connectivity index is 1.69. The van der Waals surface area contributed by atoms with Gasteiger partial charge < -0.3 is 5.32 Å². The van der Waals surface area contributed by atoms with Gasteiger partial charge in [0.25, 0.3) is 0 Å². The van der Waals surface area contributed by atoms with Crippen molar-refractivity contribution in [2.75, 3.05) is 5.32 Å². The number of hydrogen-bond acceptors (Lipinski definition) is 5. The van der Waals surface area contributed by atoms with Gasteiger partial charge in [-0.25, -0.2) is 4.98 Å². The Morgan fingerprint density at radius 1 is 1.29 bits per heavy atom. The molecule has 2 heterocycles. The van der Waals surface area contributed by atoms with Gasteiger partial charge in [-0.05, 0) is 13.0 Å². The van der Waals surface area contributed by atoms with Crippen LogP contribution < -0.4 is 5.32 Å². The zero-order chi connectivity index (χ0) is 16.9. The summed E-state index contributed by atoms with van der Waals surface area (Å²) in [6.07, 6.45) is 3.12. The van der Waals surface area contributed by atoms with E-state index in [4.69, 9.17) is 5.26 Å². The first kappa shape index (κ1) is 15.8. The summed E-state index contributed by atoms with van der Waals surface area (Å²) in [6.45, 7) is 2.04. The molecular weight excluding hydrogens is 320 g/mol. The topological polar surface area (TPSA) is 78.7 Å². The van der Waals surface area contributed by atoms with Gasteiger partial charge in [-0.1, -0.05) is 29.8 Å². The number of benzene rings is 1. The number of carbonyl (C=O) groups is 1. The normalized spacial score (nSPS) is 10.2. The molecule has 0 aliphatic heterocycles. The zero-order valence-corrected chi connectivity index (χ0v) is 13.8. The number of anilines is 1. The van der Waals surface area contributed by atoms with Crippen molar-refractivity contribution in [2.24, 2.45) is 0 Å². The highest BCUT2D eigenvalue weighted by Crippen LogP contribution is 2.24. The van der Waals surface area contributed by atoms with Crippen LogP contribution in [0.3, 0.4) is 0 Å². The lowest BCUT2D eigenvalue weighted by Crippen LogP contribution is -2.15. The molecule has 118 valence electrons. The molecule has 0 radical (unpaired) electrons. The van der Waals surface area contributed by atoms with Gasteiger partial charge in [0.05, 0.1) is 23.4 Å². The van der Waals surface area contributed by atoms with E-state index < -0.39 is 0 Å². The van der Waals surface area contributed by atoms with Gasteiger partial charge in [-0.2, -0.15) is 5.26 Å². The monoisotopic (exact) mass is 334 g/mol. The van der Waals surface area contributed by atoms with E-state index in [0.717, 1.165) is 10.6 Å². The van der Waals surface area contributed by atoms with E-state index in [1.807, 2.05) is 42.6 Å². The van der Waals surface area contributed by atoms with Gasteiger partial charge >= 0.3 is 0 Å². The minimum atomic E-state index is -0.210. The maximum atomic E-state index is 12.2. The molecule has 3 rings (SSSR count). The molecule has 0 saturated heterocycles. The van der Waals surface area contributed by atoms with E-state index in [1.165, 1.54) is 29.3 Å². The molecule has 0 saturated carbocycles. The molecule has 5 nitrogen and oxygen atoms in total. The minimum absolute atomic E-state index is 0.162. The van der Waals surface area contributed by atoms with E-state index >= 15 is 0 Å². The van der Waals surface area contributed by atoms with Gasteiger partial charge in [0.1, 0.15) is 11.1 Å². The molecular formula is C18H14N4OS. The van der Waals surface area contributed by atoms with Crippen molar-refractivity contribution in [1.82, 2.24) is 9.97 Å². The van der Waals surface area contributed by atoms with Crippen LogP contribution in [0.15, 0.2) is 48.1 Å². The van der Waals surface area contributed by atoms with Gasteiger partial charge in [0.15, 0.2) is 0 Å². The molecule has 0 atom stereocenters. The van der Waals surface area contributed by atoms with Crippen molar-refractivity contribution in [1.29, 1.82) is 5.26 Å². The summed E-state index contributed by atoms with van der Waals surface area (Å²) in [7, 11) is 0. The van der Waals surface area contributed by atoms with Crippen molar-refractivity contribution >= 4 is 22.9 Å². The molecule has 1 N–H and O–H groups in total. The number of aryl methyl sites for hydroxylation is 1. The van der Waals surface area contributed by atoms with Crippen molar-refractivity contribution in [3.05, 3.63) is 64.9 Å². The van der Waals surface area contributed by atoms with Crippen LogP contribution in [0.25, 0.3) is 10.6 Å². The van der Waals surface area contributed by atoms with Crippen LogP contribution in [-0.2, 0) is 11.2 Å². The average molecular weight is 334 g/mol. The molecule has 24 heavy (non-hydrogen) atoms. The highest BCUT2D eigenvalue weighted by Gasteiger charge is 2.11. The Kier molecular flexibility index (Phi) is 4.64. The van der Waals surface area contributed by atoms with Crippen LogP contribution in [0, 0.1) is 18.3 Å². The van der Waals surface area contributed by atoms with E-state index in [1.54, 1.807) is 6.07 Å². The summed E-state index contributed by atoms with van der Waals surface area (Å²) < 4.78 is 0. The SMILES string of the molecule is Cc1ccc(-c2nc(CC(=O)Nc3ccncc3C#N)cs2)cc1. The Morgan fingerprint density at radius 2 is 2.08 bits per heavy atom. The molecule has 6 heteroatoms. The number of nitrogens with zero attached hydrogens (tertiary/aromatic N) is 3. The number of pyridine rings is 1. The first-order chi connectivity index (χ1) is 11.7. The average Bonchev–Trinajstić information content (AvgIpc) is 3.04. The summed E-state index contributed by atoms with van der Waals surface area (Å²) >= 11 is 1.51. The number of carbonyl (C=O) groups excluding carboxylic acids is 1. The predicted octanol–water partition coefficient (Wildman–Crippen LogP) is 3.57. The quantitative estimate of drug-likeness (QED) is 0.791.